The summed E-state index contributed by atoms with van der Waals surface area (Å²) in [6.07, 6.45) is -3.55. The van der Waals surface area contributed by atoms with Crippen LogP contribution >= 0.6 is 11.3 Å². The largest absolute Gasteiger partial charge is 0.418 e. The summed E-state index contributed by atoms with van der Waals surface area (Å²) in [5.41, 5.74) is -1.07. The summed E-state index contributed by atoms with van der Waals surface area (Å²) in [5, 5.41) is 2.40. The number of thiazole rings is 1. The van der Waals surface area contributed by atoms with Gasteiger partial charge in [-0.3, -0.25) is 10.1 Å². The van der Waals surface area contributed by atoms with Crippen molar-refractivity contribution in [2.24, 2.45) is 0 Å². The van der Waals surface area contributed by atoms with Crippen molar-refractivity contribution in [3.8, 4) is 0 Å². The number of fused-ring (bicyclic) bond motifs is 1. The minimum absolute atomic E-state index is 0.00791. The maximum Gasteiger partial charge on any atom is 0.418 e. The molecule has 0 unspecified atom stereocenters. The highest BCUT2D eigenvalue weighted by Crippen LogP contribution is 2.37. The Labute approximate surface area is 150 Å². The molecule has 0 saturated heterocycles. The lowest BCUT2D eigenvalue weighted by molar-refractivity contribution is -0.136. The summed E-state index contributed by atoms with van der Waals surface area (Å²) in [5.74, 6) is -0.664. The Morgan fingerprint density at radius 1 is 1.15 bits per heavy atom. The molecule has 10 heteroatoms. The summed E-state index contributed by atoms with van der Waals surface area (Å²) in [6, 6.07) is 9.01. The van der Waals surface area contributed by atoms with Crippen LogP contribution in [0.4, 0.5) is 18.3 Å². The van der Waals surface area contributed by atoms with Crippen LogP contribution in [0.3, 0.4) is 0 Å². The van der Waals surface area contributed by atoms with Gasteiger partial charge in [0.05, 0.1) is 20.7 Å². The van der Waals surface area contributed by atoms with Gasteiger partial charge in [0.2, 0.25) is 0 Å². The highest BCUT2D eigenvalue weighted by atomic mass is 32.2. The Balaban J connectivity index is 1.94. The Hall–Kier alpha value is -2.46. The molecule has 0 atom stereocenters. The van der Waals surface area contributed by atoms with E-state index in [0.29, 0.717) is 0 Å². The monoisotopic (exact) mass is 400 g/mol. The van der Waals surface area contributed by atoms with Crippen molar-refractivity contribution in [2.45, 2.75) is 11.1 Å². The van der Waals surface area contributed by atoms with Crippen LogP contribution in [-0.2, 0) is 16.0 Å². The van der Waals surface area contributed by atoms with Crippen molar-refractivity contribution in [3.05, 3.63) is 53.6 Å². The molecule has 0 aliphatic rings. The maximum atomic E-state index is 13.0. The predicted molar refractivity (Wildman–Crippen MR) is 92.1 cm³/mol. The van der Waals surface area contributed by atoms with Gasteiger partial charge in [-0.05, 0) is 30.3 Å². The van der Waals surface area contributed by atoms with Crippen molar-refractivity contribution < 1.29 is 26.4 Å². The van der Waals surface area contributed by atoms with Gasteiger partial charge in [0.15, 0.2) is 15.0 Å². The van der Waals surface area contributed by atoms with E-state index in [9.17, 15) is 26.4 Å². The van der Waals surface area contributed by atoms with Crippen LogP contribution in [0.2, 0.25) is 0 Å². The molecule has 3 aromatic rings. The van der Waals surface area contributed by atoms with Gasteiger partial charge in [0.1, 0.15) is 0 Å². The van der Waals surface area contributed by atoms with Gasteiger partial charge in [-0.15, -0.1) is 0 Å². The number of para-hydroxylation sites is 1. The van der Waals surface area contributed by atoms with Crippen molar-refractivity contribution in [2.75, 3.05) is 11.6 Å². The van der Waals surface area contributed by atoms with Crippen LogP contribution < -0.4 is 5.32 Å². The lowest BCUT2D eigenvalue weighted by atomic mass is 10.2. The number of hydrogen-bond donors (Lipinski definition) is 1. The molecule has 0 saturated carbocycles. The SMILES string of the molecule is CS(=O)(=O)c1cccc(C(=O)Nc2nc3c(C(F)(F)F)cccc3s2)c1. The third-order valence-corrected chi connectivity index (χ3v) is 5.52. The molecule has 1 amide bonds. The predicted octanol–water partition coefficient (Wildman–Crippen LogP) is 3.97. The minimum atomic E-state index is -4.56. The van der Waals surface area contributed by atoms with Gasteiger partial charge < -0.3 is 0 Å². The zero-order chi connectivity index (χ0) is 19.1. The standard InChI is InChI=1S/C16H11F3N2O3S2/c1-26(23,24)10-5-2-4-9(8-10)14(22)21-15-20-13-11(16(17,18)19)6-3-7-12(13)25-15/h2-8H,1H3,(H,20,21,22). The summed E-state index contributed by atoms with van der Waals surface area (Å²) < 4.78 is 62.5. The van der Waals surface area contributed by atoms with E-state index in [0.717, 1.165) is 23.7 Å². The first-order valence-corrected chi connectivity index (χ1v) is 9.85. The number of aromatic nitrogens is 1. The second-order valence-corrected chi connectivity index (χ2v) is 8.47. The molecule has 5 nitrogen and oxygen atoms in total. The van der Waals surface area contributed by atoms with Crippen LogP contribution in [0.1, 0.15) is 15.9 Å². The topological polar surface area (TPSA) is 76.1 Å². The molecule has 2 aromatic carbocycles. The first kappa shape index (κ1) is 18.3. The molecule has 1 heterocycles. The number of rotatable bonds is 3. The zero-order valence-corrected chi connectivity index (χ0v) is 14.8. The molecule has 0 aliphatic heterocycles. The van der Waals surface area contributed by atoms with Gasteiger partial charge in [-0.2, -0.15) is 13.2 Å². The fourth-order valence-corrected chi connectivity index (χ4v) is 3.82. The van der Waals surface area contributed by atoms with E-state index in [-0.39, 0.29) is 25.8 Å². The van der Waals surface area contributed by atoms with E-state index in [1.54, 1.807) is 0 Å². The molecule has 0 spiro atoms. The molecule has 0 radical (unpaired) electrons. The second-order valence-electron chi connectivity index (χ2n) is 5.42. The highest BCUT2D eigenvalue weighted by molar-refractivity contribution is 7.90. The van der Waals surface area contributed by atoms with E-state index in [2.05, 4.69) is 10.3 Å². The third kappa shape index (κ3) is 3.70. The van der Waals surface area contributed by atoms with Crippen LogP contribution in [0.15, 0.2) is 47.4 Å². The zero-order valence-electron chi connectivity index (χ0n) is 13.2. The first-order chi connectivity index (χ1) is 12.1. The van der Waals surface area contributed by atoms with Crippen LogP contribution in [0.25, 0.3) is 10.2 Å². The highest BCUT2D eigenvalue weighted by Gasteiger charge is 2.33. The Kier molecular flexibility index (Phi) is 4.49. The van der Waals surface area contributed by atoms with E-state index in [1.807, 2.05) is 0 Å². The fourth-order valence-electron chi connectivity index (χ4n) is 2.27. The molecule has 0 aliphatic carbocycles. The van der Waals surface area contributed by atoms with Crippen LogP contribution in [-0.4, -0.2) is 25.6 Å². The molecule has 0 fully saturated rings. The maximum absolute atomic E-state index is 13.0. The molecule has 1 N–H and O–H groups in total. The molecule has 136 valence electrons. The Bertz CT molecular complexity index is 1110. The molecule has 0 bridgehead atoms. The molecule has 26 heavy (non-hydrogen) atoms. The first-order valence-electron chi connectivity index (χ1n) is 7.14. The number of alkyl halides is 3. The van der Waals surface area contributed by atoms with Crippen LogP contribution in [0, 0.1) is 0 Å². The minimum Gasteiger partial charge on any atom is -0.298 e. The van der Waals surface area contributed by atoms with Gasteiger partial charge >= 0.3 is 6.18 Å². The number of hydrogen-bond acceptors (Lipinski definition) is 5. The summed E-state index contributed by atoms with van der Waals surface area (Å²) in [7, 11) is -3.49. The lowest BCUT2D eigenvalue weighted by Gasteiger charge is -2.06. The van der Waals surface area contributed by atoms with Gasteiger partial charge in [-0.25, -0.2) is 13.4 Å². The summed E-state index contributed by atoms with van der Waals surface area (Å²) in [6.45, 7) is 0. The second kappa shape index (κ2) is 6.36. The number of halogens is 3. The fraction of sp³-hybridized carbons (Fsp3) is 0.125. The van der Waals surface area contributed by atoms with E-state index in [4.69, 9.17) is 0 Å². The van der Waals surface area contributed by atoms with Gasteiger partial charge in [-0.1, -0.05) is 23.5 Å². The number of amides is 1. The van der Waals surface area contributed by atoms with Crippen molar-refractivity contribution >= 4 is 42.4 Å². The molecule has 1 aromatic heterocycles. The number of anilines is 1. The number of nitrogens with one attached hydrogen (secondary N) is 1. The van der Waals surface area contributed by atoms with E-state index in [1.165, 1.54) is 36.4 Å². The number of sulfone groups is 1. The smallest absolute Gasteiger partial charge is 0.298 e. The Morgan fingerprint density at radius 3 is 2.50 bits per heavy atom. The van der Waals surface area contributed by atoms with E-state index >= 15 is 0 Å². The molecular weight excluding hydrogens is 389 g/mol. The quantitative estimate of drug-likeness (QED) is 0.722. The van der Waals surface area contributed by atoms with E-state index < -0.39 is 27.5 Å². The molecule has 3 rings (SSSR count). The van der Waals surface area contributed by atoms with Crippen molar-refractivity contribution in [1.29, 1.82) is 0 Å². The normalized spacial score (nSPS) is 12.3. The molecular formula is C16H11F3N2O3S2. The third-order valence-electron chi connectivity index (χ3n) is 3.47. The van der Waals surface area contributed by atoms with Crippen molar-refractivity contribution in [1.82, 2.24) is 4.98 Å². The van der Waals surface area contributed by atoms with Gasteiger partial charge in [0.25, 0.3) is 5.91 Å². The Morgan fingerprint density at radius 2 is 1.85 bits per heavy atom. The number of carbonyl (C=O) groups is 1. The average Bonchev–Trinajstić information content (AvgIpc) is 2.95. The number of carbonyl (C=O) groups excluding carboxylic acids is 1. The summed E-state index contributed by atoms with van der Waals surface area (Å²) >= 11 is 0.899. The summed E-state index contributed by atoms with van der Waals surface area (Å²) in [4.78, 5) is 16.1. The number of benzene rings is 2. The average molecular weight is 400 g/mol. The van der Waals surface area contributed by atoms with Crippen LogP contribution in [0.5, 0.6) is 0 Å². The number of nitrogens with zero attached hydrogens (tertiary/aromatic N) is 1. The van der Waals surface area contributed by atoms with Crippen molar-refractivity contribution in [3.63, 3.8) is 0 Å². The lowest BCUT2D eigenvalue weighted by Crippen LogP contribution is -2.12. The van der Waals surface area contributed by atoms with Gasteiger partial charge in [0, 0.05) is 11.8 Å².